The molecular formula is H10CrCuO9S. The summed E-state index contributed by atoms with van der Waals surface area (Å²) in [5, 5.41) is 0. The van der Waals surface area contributed by atoms with E-state index in [9.17, 15) is 0 Å². The second kappa shape index (κ2) is 29.8. The molecule has 0 spiro atoms. The van der Waals surface area contributed by atoms with Crippen LogP contribution in [0.3, 0.4) is 0 Å². The summed E-state index contributed by atoms with van der Waals surface area (Å²) in [6.45, 7) is 0. The van der Waals surface area contributed by atoms with Crippen LogP contribution >= 0.6 is 0 Å². The minimum absolute atomic E-state index is 0. The molecule has 0 saturated heterocycles. The van der Waals surface area contributed by atoms with Gasteiger partial charge < -0.3 is 36.5 Å². The third-order valence-electron chi connectivity index (χ3n) is 0. The van der Waals surface area contributed by atoms with Crippen LogP contribution < -0.4 is 0 Å². The fourth-order valence-electron chi connectivity index (χ4n) is 0. The van der Waals surface area contributed by atoms with E-state index in [0.717, 1.165) is 0 Å². The summed E-state index contributed by atoms with van der Waals surface area (Å²) in [6.07, 6.45) is 0. The van der Waals surface area contributed by atoms with Crippen LogP contribution in [0.5, 0.6) is 0 Å². The summed E-state index contributed by atoms with van der Waals surface area (Å²) in [4.78, 5) is 0. The van der Waals surface area contributed by atoms with E-state index in [1.54, 1.807) is 0 Å². The second-order valence-electron chi connectivity index (χ2n) is 0.408. The van der Waals surface area contributed by atoms with E-state index in [1.807, 2.05) is 0 Å². The average Bonchev–Trinajstić information content (AvgIpc) is 0.722. The first kappa shape index (κ1) is 78.4. The Bertz CT molecular complexity index is 97.7. The second-order valence-corrected chi connectivity index (χ2v) is 1.22. The number of rotatable bonds is 0. The third-order valence-corrected chi connectivity index (χ3v) is 0. The van der Waals surface area contributed by atoms with Crippen molar-refractivity contribution in [3.8, 4) is 0 Å². The molecule has 0 aliphatic heterocycles. The molecule has 0 amide bonds. The van der Waals surface area contributed by atoms with E-state index in [1.165, 1.54) is 0 Å². The zero-order valence-electron chi connectivity index (χ0n) is 5.25. The first-order chi connectivity index (χ1) is 2.00. The largest absolute Gasteiger partial charge is 2.00 e. The molecule has 0 aromatic heterocycles. The molecule has 0 heterocycles. The molecule has 87 valence electrons. The van der Waals surface area contributed by atoms with Crippen LogP contribution in [-0.4, -0.2) is 44.9 Å². The van der Waals surface area contributed by atoms with Crippen LogP contribution in [0.1, 0.15) is 0 Å². The Balaban J connectivity index is -0.00000000381. The van der Waals surface area contributed by atoms with Crippen LogP contribution in [0.15, 0.2) is 0 Å². The predicted molar refractivity (Wildman–Crippen MR) is 28.5 cm³/mol. The van der Waals surface area contributed by atoms with Crippen molar-refractivity contribution in [2.24, 2.45) is 0 Å². The molecule has 10 N–H and O–H groups in total. The molecule has 0 aromatic rings. The van der Waals surface area contributed by atoms with Gasteiger partial charge >= 0.3 is 17.1 Å². The first-order valence-electron chi connectivity index (χ1n) is 0.667. The molecule has 0 rings (SSSR count). The van der Waals surface area contributed by atoms with E-state index < -0.39 is 10.4 Å². The third kappa shape index (κ3) is 1940. The van der Waals surface area contributed by atoms with E-state index in [4.69, 9.17) is 17.5 Å². The molecule has 1 radical (unpaired) electrons. The molecular weight excluding hydrogens is 292 g/mol. The molecule has 12 heavy (non-hydrogen) atoms. The van der Waals surface area contributed by atoms with Gasteiger partial charge in [-0.05, 0) is 0 Å². The molecule has 0 aromatic carbocycles. The first-order valence-corrected chi connectivity index (χ1v) is 2.00. The standard InChI is InChI=1S/Cr.Cu.H2O4S.5H2O/c;;1-5(2,3)4;;;;;/h;;(H2,1,2,3,4);5*1H2/q;+2;;;;;;/p-2. The number of hydrogen-bond acceptors (Lipinski definition) is 4. The number of hydrogen-bond donors (Lipinski definition) is 0. The van der Waals surface area contributed by atoms with Crippen LogP contribution in [0, 0.1) is 0 Å². The quantitative estimate of drug-likeness (QED) is 0.241. The van der Waals surface area contributed by atoms with Crippen molar-refractivity contribution < 1.29 is 79.3 Å². The van der Waals surface area contributed by atoms with Crippen molar-refractivity contribution in [2.45, 2.75) is 0 Å². The van der Waals surface area contributed by atoms with Gasteiger partial charge in [-0.1, -0.05) is 0 Å². The van der Waals surface area contributed by atoms with Crippen molar-refractivity contribution >= 4 is 10.4 Å². The van der Waals surface area contributed by atoms with Crippen LogP contribution in [-0.2, 0) is 44.8 Å². The van der Waals surface area contributed by atoms with Gasteiger partial charge in [0.15, 0.2) is 0 Å². The minimum atomic E-state index is -5.17. The Kier molecular flexibility index (Phi) is 195. The summed E-state index contributed by atoms with van der Waals surface area (Å²) in [5.41, 5.74) is 0. The summed E-state index contributed by atoms with van der Waals surface area (Å²) < 4.78 is 34.1. The molecule has 0 unspecified atom stereocenters. The maximum Gasteiger partial charge on any atom is 2.00 e. The van der Waals surface area contributed by atoms with Crippen LogP contribution in [0.2, 0.25) is 0 Å². The normalized spacial score (nSPS) is 4.83. The summed E-state index contributed by atoms with van der Waals surface area (Å²) in [6, 6.07) is 0. The van der Waals surface area contributed by atoms with Crippen molar-refractivity contribution in [1.29, 1.82) is 0 Å². The molecule has 0 bridgehead atoms. The Morgan fingerprint density at radius 1 is 0.750 bits per heavy atom. The molecule has 0 saturated carbocycles. The smallest absolute Gasteiger partial charge is 0.759 e. The van der Waals surface area contributed by atoms with Crippen LogP contribution in [0.4, 0.5) is 0 Å². The van der Waals surface area contributed by atoms with Crippen molar-refractivity contribution in [2.75, 3.05) is 0 Å². The molecule has 0 aliphatic rings. The zero-order valence-corrected chi connectivity index (χ0v) is 8.28. The average molecular weight is 302 g/mol. The van der Waals surface area contributed by atoms with Crippen molar-refractivity contribution in [3.63, 3.8) is 0 Å². The summed E-state index contributed by atoms with van der Waals surface area (Å²) >= 11 is 0. The van der Waals surface area contributed by atoms with Gasteiger partial charge in [0, 0.05) is 27.8 Å². The molecule has 0 fully saturated rings. The summed E-state index contributed by atoms with van der Waals surface area (Å²) in [7, 11) is -5.17. The Hall–Kier alpha value is 0.722. The fourth-order valence-corrected chi connectivity index (χ4v) is 0. The van der Waals surface area contributed by atoms with E-state index >= 15 is 0 Å². The van der Waals surface area contributed by atoms with Gasteiger partial charge in [0.1, 0.15) is 0 Å². The maximum absolute atomic E-state index is 8.52. The SMILES string of the molecule is O.O.O.O.O.O=S(=O)([O-])[O-].[Cr].[Cu+2]. The van der Waals surface area contributed by atoms with E-state index in [0.29, 0.717) is 0 Å². The van der Waals surface area contributed by atoms with Gasteiger partial charge in [-0.2, -0.15) is 0 Å². The van der Waals surface area contributed by atoms with Crippen LogP contribution in [0.25, 0.3) is 0 Å². The van der Waals surface area contributed by atoms with Crippen molar-refractivity contribution in [1.82, 2.24) is 0 Å². The predicted octanol–water partition coefficient (Wildman–Crippen LogP) is -5.47. The molecule has 12 heteroatoms. The summed E-state index contributed by atoms with van der Waals surface area (Å²) in [5.74, 6) is 0. The van der Waals surface area contributed by atoms with Gasteiger partial charge in [-0.25, -0.2) is 0 Å². The molecule has 9 nitrogen and oxygen atoms in total. The van der Waals surface area contributed by atoms with Crippen molar-refractivity contribution in [3.05, 3.63) is 0 Å². The Morgan fingerprint density at radius 2 is 0.750 bits per heavy atom. The van der Waals surface area contributed by atoms with E-state index in [2.05, 4.69) is 0 Å². The maximum atomic E-state index is 8.52. The topological polar surface area (TPSA) is 238 Å². The van der Waals surface area contributed by atoms with Gasteiger partial charge in [-0.15, -0.1) is 0 Å². The van der Waals surface area contributed by atoms with E-state index in [-0.39, 0.29) is 61.8 Å². The van der Waals surface area contributed by atoms with Gasteiger partial charge in [-0.3, -0.25) is 8.42 Å². The fraction of sp³-hybridized carbons (Fsp3) is 0. The van der Waals surface area contributed by atoms with Gasteiger partial charge in [0.2, 0.25) is 0 Å². The zero-order chi connectivity index (χ0) is 4.50. The molecule has 0 aliphatic carbocycles. The monoisotopic (exact) mass is 301 g/mol. The minimum Gasteiger partial charge on any atom is -0.759 e. The Morgan fingerprint density at radius 3 is 0.750 bits per heavy atom. The van der Waals surface area contributed by atoms with Gasteiger partial charge in [0.25, 0.3) is 0 Å². The molecule has 0 atom stereocenters. The van der Waals surface area contributed by atoms with Gasteiger partial charge in [0.05, 0.1) is 0 Å². The Labute approximate surface area is 89.9 Å².